The number of carboxylic acid groups (broad SMARTS) is 1. The molecule has 0 saturated carbocycles. The lowest BCUT2D eigenvalue weighted by Gasteiger charge is -2.17. The summed E-state index contributed by atoms with van der Waals surface area (Å²) >= 11 is 4.93. The molecular formula is C10H11BrN4O2S. The van der Waals surface area contributed by atoms with E-state index in [0.717, 1.165) is 4.60 Å². The second-order valence-electron chi connectivity index (χ2n) is 3.45. The smallest absolute Gasteiger partial charge is 0.413 e. The van der Waals surface area contributed by atoms with Crippen molar-refractivity contribution in [1.82, 2.24) is 14.4 Å². The van der Waals surface area contributed by atoms with E-state index in [1.54, 1.807) is 34.8 Å². The lowest BCUT2D eigenvalue weighted by Crippen LogP contribution is -2.32. The third-order valence-electron chi connectivity index (χ3n) is 2.37. The van der Waals surface area contributed by atoms with Crippen molar-refractivity contribution in [3.05, 3.63) is 23.2 Å². The lowest BCUT2D eigenvalue weighted by atomic mass is 10.5. The van der Waals surface area contributed by atoms with Gasteiger partial charge < -0.3 is 5.11 Å². The quantitative estimate of drug-likeness (QED) is 0.931. The number of anilines is 1. The van der Waals surface area contributed by atoms with Gasteiger partial charge >= 0.3 is 6.09 Å². The maximum absolute atomic E-state index is 11.3. The van der Waals surface area contributed by atoms with Crippen LogP contribution in [-0.4, -0.2) is 44.1 Å². The number of imidazole rings is 1. The van der Waals surface area contributed by atoms with Gasteiger partial charge in [-0.15, -0.1) is 0 Å². The number of fused-ring (bicyclic) bond motifs is 1. The number of nitrogens with zero attached hydrogens (tertiary/aromatic N) is 4. The Morgan fingerprint density at radius 2 is 2.39 bits per heavy atom. The molecule has 0 aliphatic rings. The Labute approximate surface area is 116 Å². The summed E-state index contributed by atoms with van der Waals surface area (Å²) in [6.45, 7) is 0.383. The van der Waals surface area contributed by atoms with Crippen molar-refractivity contribution in [2.75, 3.05) is 23.5 Å². The lowest BCUT2D eigenvalue weighted by molar-refractivity contribution is 0.202. The molecule has 2 aromatic rings. The summed E-state index contributed by atoms with van der Waals surface area (Å²) < 4.78 is 2.51. The van der Waals surface area contributed by atoms with Gasteiger partial charge in [0.1, 0.15) is 4.60 Å². The normalized spacial score (nSPS) is 10.8. The number of carbonyl (C=O) groups is 1. The SMILES string of the molecule is CSCCN(C(=O)O)c1nccn2c(Br)cnc12. The molecule has 0 aliphatic heterocycles. The molecule has 18 heavy (non-hydrogen) atoms. The number of thioether (sulfide) groups is 1. The summed E-state index contributed by atoms with van der Waals surface area (Å²) in [5, 5.41) is 9.25. The largest absolute Gasteiger partial charge is 0.465 e. The van der Waals surface area contributed by atoms with Gasteiger partial charge in [-0.2, -0.15) is 11.8 Å². The minimum absolute atomic E-state index is 0.352. The minimum Gasteiger partial charge on any atom is -0.465 e. The van der Waals surface area contributed by atoms with Gasteiger partial charge in [0.15, 0.2) is 11.5 Å². The average Bonchev–Trinajstić information content (AvgIpc) is 2.72. The van der Waals surface area contributed by atoms with Crippen molar-refractivity contribution in [1.29, 1.82) is 0 Å². The van der Waals surface area contributed by atoms with E-state index in [1.807, 2.05) is 6.26 Å². The van der Waals surface area contributed by atoms with Crippen LogP contribution in [0.5, 0.6) is 0 Å². The van der Waals surface area contributed by atoms with Crippen molar-refractivity contribution in [3.8, 4) is 0 Å². The molecule has 1 amide bonds. The molecule has 0 aromatic carbocycles. The first-order valence-electron chi connectivity index (χ1n) is 5.12. The van der Waals surface area contributed by atoms with Crippen molar-refractivity contribution in [2.24, 2.45) is 0 Å². The fraction of sp³-hybridized carbons (Fsp3) is 0.300. The van der Waals surface area contributed by atoms with Crippen LogP contribution in [0.4, 0.5) is 10.6 Å². The second kappa shape index (κ2) is 5.57. The van der Waals surface area contributed by atoms with E-state index >= 15 is 0 Å². The van der Waals surface area contributed by atoms with Crippen LogP contribution in [0.15, 0.2) is 23.2 Å². The average molecular weight is 331 g/mol. The highest BCUT2D eigenvalue weighted by molar-refractivity contribution is 9.10. The van der Waals surface area contributed by atoms with Crippen LogP contribution in [0.1, 0.15) is 0 Å². The maximum Gasteiger partial charge on any atom is 0.413 e. The van der Waals surface area contributed by atoms with Crippen molar-refractivity contribution < 1.29 is 9.90 Å². The molecule has 2 aromatic heterocycles. The van der Waals surface area contributed by atoms with E-state index in [1.165, 1.54) is 4.90 Å². The summed E-state index contributed by atoms with van der Waals surface area (Å²) in [5.41, 5.74) is 0.521. The summed E-state index contributed by atoms with van der Waals surface area (Å²) in [4.78, 5) is 20.8. The van der Waals surface area contributed by atoms with Gasteiger partial charge in [0.05, 0.1) is 6.20 Å². The Morgan fingerprint density at radius 3 is 3.06 bits per heavy atom. The summed E-state index contributed by atoms with van der Waals surface area (Å²) in [7, 11) is 0. The van der Waals surface area contributed by atoms with Gasteiger partial charge in [-0.05, 0) is 22.2 Å². The van der Waals surface area contributed by atoms with E-state index in [4.69, 9.17) is 0 Å². The number of hydrogen-bond acceptors (Lipinski definition) is 4. The van der Waals surface area contributed by atoms with Crippen molar-refractivity contribution >= 4 is 45.3 Å². The van der Waals surface area contributed by atoms with Gasteiger partial charge in [0.25, 0.3) is 0 Å². The third kappa shape index (κ3) is 2.44. The zero-order valence-electron chi connectivity index (χ0n) is 9.58. The molecule has 0 radical (unpaired) electrons. The molecule has 96 valence electrons. The summed E-state index contributed by atoms with van der Waals surface area (Å²) in [6.07, 6.45) is 5.81. The highest BCUT2D eigenvalue weighted by Crippen LogP contribution is 2.21. The number of hydrogen-bond donors (Lipinski definition) is 1. The highest BCUT2D eigenvalue weighted by Gasteiger charge is 2.19. The molecule has 0 spiro atoms. The molecule has 8 heteroatoms. The Balaban J connectivity index is 2.46. The molecule has 0 bridgehead atoms. The summed E-state index contributed by atoms with van der Waals surface area (Å²) in [6, 6.07) is 0. The minimum atomic E-state index is -1.02. The zero-order valence-corrected chi connectivity index (χ0v) is 12.0. The van der Waals surface area contributed by atoms with E-state index < -0.39 is 6.09 Å². The molecule has 0 unspecified atom stereocenters. The first-order valence-corrected chi connectivity index (χ1v) is 7.30. The molecular weight excluding hydrogens is 320 g/mol. The summed E-state index contributed by atoms with van der Waals surface area (Å²) in [5.74, 6) is 1.06. The van der Waals surface area contributed by atoms with Gasteiger partial charge in [0.2, 0.25) is 0 Å². The first kappa shape index (κ1) is 13.2. The van der Waals surface area contributed by atoms with Crippen LogP contribution >= 0.6 is 27.7 Å². The molecule has 6 nitrogen and oxygen atoms in total. The number of halogens is 1. The van der Waals surface area contributed by atoms with E-state index in [9.17, 15) is 9.90 Å². The topological polar surface area (TPSA) is 70.7 Å². The maximum atomic E-state index is 11.3. The molecule has 1 N–H and O–H groups in total. The molecule has 0 saturated heterocycles. The third-order valence-corrected chi connectivity index (χ3v) is 3.55. The monoisotopic (exact) mass is 330 g/mol. The van der Waals surface area contributed by atoms with Crippen LogP contribution in [0, 0.1) is 0 Å². The molecule has 2 rings (SSSR count). The fourth-order valence-corrected chi connectivity index (χ4v) is 2.29. The first-order chi connectivity index (χ1) is 8.65. The number of aromatic nitrogens is 3. The predicted molar refractivity (Wildman–Crippen MR) is 74.4 cm³/mol. The van der Waals surface area contributed by atoms with Crippen LogP contribution < -0.4 is 4.90 Å². The molecule has 0 aliphatic carbocycles. The standard InChI is InChI=1S/C10H11BrN4O2S/c1-18-5-4-15(10(16)17)8-9-13-6-7(11)14(9)3-2-12-8/h2-3,6H,4-5H2,1H3,(H,16,17). The number of rotatable bonds is 4. The van der Waals surface area contributed by atoms with Crippen LogP contribution in [0.2, 0.25) is 0 Å². The molecule has 2 heterocycles. The predicted octanol–water partition coefficient (Wildman–Crippen LogP) is 2.34. The van der Waals surface area contributed by atoms with Crippen LogP contribution in [-0.2, 0) is 0 Å². The van der Waals surface area contributed by atoms with Gasteiger partial charge in [0, 0.05) is 24.7 Å². The van der Waals surface area contributed by atoms with Crippen LogP contribution in [0.25, 0.3) is 5.65 Å². The Bertz CT molecular complexity index is 574. The van der Waals surface area contributed by atoms with Crippen molar-refractivity contribution in [3.63, 3.8) is 0 Å². The second-order valence-corrected chi connectivity index (χ2v) is 5.25. The molecule has 0 atom stereocenters. The Morgan fingerprint density at radius 1 is 1.61 bits per heavy atom. The van der Waals surface area contributed by atoms with E-state index in [-0.39, 0.29) is 0 Å². The van der Waals surface area contributed by atoms with E-state index in [0.29, 0.717) is 23.8 Å². The highest BCUT2D eigenvalue weighted by atomic mass is 79.9. The van der Waals surface area contributed by atoms with Gasteiger partial charge in [-0.1, -0.05) is 0 Å². The van der Waals surface area contributed by atoms with Crippen LogP contribution in [0.3, 0.4) is 0 Å². The van der Waals surface area contributed by atoms with E-state index in [2.05, 4.69) is 25.9 Å². The number of amides is 1. The Hall–Kier alpha value is -1.28. The fourth-order valence-electron chi connectivity index (χ4n) is 1.54. The molecule has 0 fully saturated rings. The Kier molecular flexibility index (Phi) is 4.07. The van der Waals surface area contributed by atoms with Gasteiger partial charge in [-0.25, -0.2) is 14.8 Å². The zero-order chi connectivity index (χ0) is 13.1. The van der Waals surface area contributed by atoms with Gasteiger partial charge in [-0.3, -0.25) is 9.30 Å². The van der Waals surface area contributed by atoms with Crippen molar-refractivity contribution in [2.45, 2.75) is 0 Å².